The number of nitrogens with zero attached hydrogens (tertiary/aromatic N) is 5. The number of para-hydroxylation sites is 1. The van der Waals surface area contributed by atoms with Crippen molar-refractivity contribution in [2.45, 2.75) is 51.2 Å². The van der Waals surface area contributed by atoms with Crippen molar-refractivity contribution in [3.63, 3.8) is 0 Å². The van der Waals surface area contributed by atoms with Crippen molar-refractivity contribution in [2.24, 2.45) is 0 Å². The molecular weight excluding hydrogens is 530 g/mol. The molecule has 0 bridgehead atoms. The highest BCUT2D eigenvalue weighted by Crippen LogP contribution is 2.29. The van der Waals surface area contributed by atoms with Gasteiger partial charge in [0.2, 0.25) is 5.91 Å². The highest BCUT2D eigenvalue weighted by atomic mass is 32.2. The lowest BCUT2D eigenvalue weighted by Gasteiger charge is -2.40. The van der Waals surface area contributed by atoms with Gasteiger partial charge in [0.1, 0.15) is 0 Å². The molecule has 4 aromatic rings. The molecule has 1 aliphatic heterocycles. The molecule has 0 aliphatic carbocycles. The molecule has 2 heterocycles. The van der Waals surface area contributed by atoms with E-state index in [1.165, 1.54) is 5.56 Å². The van der Waals surface area contributed by atoms with E-state index in [1.54, 1.807) is 11.8 Å². The van der Waals surface area contributed by atoms with Crippen LogP contribution in [-0.2, 0) is 4.79 Å². The molecule has 7 nitrogen and oxygen atoms in total. The van der Waals surface area contributed by atoms with E-state index in [9.17, 15) is 9.59 Å². The highest BCUT2D eigenvalue weighted by Gasteiger charge is 2.30. The van der Waals surface area contributed by atoms with E-state index in [1.807, 2.05) is 66.1 Å². The Bertz CT molecular complexity index is 1490. The second-order valence-electron chi connectivity index (χ2n) is 10.7. The Morgan fingerprint density at radius 2 is 1.61 bits per heavy atom. The van der Waals surface area contributed by atoms with Crippen LogP contribution < -0.4 is 0 Å². The average Bonchev–Trinajstić information content (AvgIpc) is 3.41. The third kappa shape index (κ3) is 6.70. The number of aryl methyl sites for hydroxylation is 2. The van der Waals surface area contributed by atoms with Gasteiger partial charge >= 0.3 is 0 Å². The molecule has 0 N–H and O–H groups in total. The number of rotatable bonds is 9. The molecule has 5 rings (SSSR count). The van der Waals surface area contributed by atoms with E-state index < -0.39 is 0 Å². The summed E-state index contributed by atoms with van der Waals surface area (Å²) in [5.41, 5.74) is 4.98. The van der Waals surface area contributed by atoms with Crippen molar-refractivity contribution < 1.29 is 9.59 Å². The van der Waals surface area contributed by atoms with Gasteiger partial charge in [-0.05, 0) is 57.4 Å². The SMILES string of the molecule is Cc1ccc(-c2nnc(SCCCCC(=O)N3CCN(C(=O)c4ccccc4C)C(C)C3)n2-c2ccccc2)cc1. The van der Waals surface area contributed by atoms with Crippen LogP contribution in [0.2, 0.25) is 0 Å². The van der Waals surface area contributed by atoms with Crippen LogP contribution in [0.5, 0.6) is 0 Å². The summed E-state index contributed by atoms with van der Waals surface area (Å²) in [7, 11) is 0. The van der Waals surface area contributed by atoms with Crippen LogP contribution >= 0.6 is 11.8 Å². The number of piperazine rings is 1. The predicted molar refractivity (Wildman–Crippen MR) is 164 cm³/mol. The van der Waals surface area contributed by atoms with Crippen LogP contribution in [0.4, 0.5) is 0 Å². The van der Waals surface area contributed by atoms with E-state index in [0.717, 1.165) is 52.0 Å². The first-order chi connectivity index (χ1) is 19.9. The number of unbranched alkanes of at least 4 members (excludes halogenated alkanes) is 1. The van der Waals surface area contributed by atoms with Gasteiger partial charge in [0.15, 0.2) is 11.0 Å². The number of aromatic nitrogens is 3. The van der Waals surface area contributed by atoms with Gasteiger partial charge in [0.05, 0.1) is 0 Å². The second-order valence-corrected chi connectivity index (χ2v) is 11.7. The molecule has 0 saturated carbocycles. The van der Waals surface area contributed by atoms with Crippen molar-refractivity contribution >= 4 is 23.6 Å². The van der Waals surface area contributed by atoms with Crippen molar-refractivity contribution in [1.29, 1.82) is 0 Å². The normalized spacial score (nSPS) is 15.2. The molecule has 1 atom stereocenters. The lowest BCUT2D eigenvalue weighted by atomic mass is 10.1. The molecule has 1 aliphatic rings. The molecule has 0 radical (unpaired) electrons. The number of hydrogen-bond acceptors (Lipinski definition) is 5. The molecule has 41 heavy (non-hydrogen) atoms. The fourth-order valence-electron chi connectivity index (χ4n) is 5.22. The van der Waals surface area contributed by atoms with E-state index in [4.69, 9.17) is 0 Å². The average molecular weight is 568 g/mol. The monoisotopic (exact) mass is 567 g/mol. The minimum Gasteiger partial charge on any atom is -0.339 e. The lowest BCUT2D eigenvalue weighted by Crippen LogP contribution is -2.55. The Kier molecular flexibility index (Phi) is 9.19. The number of carbonyl (C=O) groups is 2. The van der Waals surface area contributed by atoms with Crippen LogP contribution in [-0.4, -0.2) is 67.8 Å². The second kappa shape index (κ2) is 13.2. The number of hydrogen-bond donors (Lipinski definition) is 0. The predicted octanol–water partition coefficient (Wildman–Crippen LogP) is 6.19. The maximum absolute atomic E-state index is 13.1. The zero-order valence-electron chi connectivity index (χ0n) is 24.0. The van der Waals surface area contributed by atoms with Gasteiger partial charge in [-0.1, -0.05) is 78.0 Å². The first kappa shape index (κ1) is 28.6. The van der Waals surface area contributed by atoms with Crippen LogP contribution in [0.3, 0.4) is 0 Å². The van der Waals surface area contributed by atoms with Crippen LogP contribution in [0.25, 0.3) is 17.1 Å². The number of thioether (sulfide) groups is 1. The van der Waals surface area contributed by atoms with Gasteiger partial charge in [0.25, 0.3) is 5.91 Å². The maximum Gasteiger partial charge on any atom is 0.254 e. The van der Waals surface area contributed by atoms with Crippen molar-refractivity contribution in [2.75, 3.05) is 25.4 Å². The molecule has 1 aromatic heterocycles. The molecule has 212 valence electrons. The minimum atomic E-state index is -0.0116. The van der Waals surface area contributed by atoms with Gasteiger partial charge in [-0.15, -0.1) is 10.2 Å². The Labute approximate surface area is 246 Å². The number of amides is 2. The minimum absolute atomic E-state index is 0.0116. The summed E-state index contributed by atoms with van der Waals surface area (Å²) in [5, 5.41) is 9.91. The summed E-state index contributed by atoms with van der Waals surface area (Å²) >= 11 is 1.67. The Morgan fingerprint density at radius 1 is 0.878 bits per heavy atom. The molecular formula is C33H37N5O2S. The third-order valence-electron chi connectivity index (χ3n) is 7.59. The first-order valence-electron chi connectivity index (χ1n) is 14.3. The highest BCUT2D eigenvalue weighted by molar-refractivity contribution is 7.99. The molecule has 8 heteroatoms. The van der Waals surface area contributed by atoms with E-state index in [0.29, 0.717) is 26.1 Å². The summed E-state index contributed by atoms with van der Waals surface area (Å²) in [6.07, 6.45) is 2.23. The Morgan fingerprint density at radius 3 is 2.34 bits per heavy atom. The molecule has 3 aromatic carbocycles. The summed E-state index contributed by atoms with van der Waals surface area (Å²) in [5.74, 6) is 1.89. The summed E-state index contributed by atoms with van der Waals surface area (Å²) < 4.78 is 2.11. The van der Waals surface area contributed by atoms with Crippen molar-refractivity contribution in [3.05, 3.63) is 95.6 Å². The van der Waals surface area contributed by atoms with Crippen molar-refractivity contribution in [1.82, 2.24) is 24.6 Å². The first-order valence-corrected chi connectivity index (χ1v) is 15.3. The topological polar surface area (TPSA) is 71.3 Å². The quantitative estimate of drug-likeness (QED) is 0.178. The van der Waals surface area contributed by atoms with Crippen LogP contribution in [0.1, 0.15) is 47.7 Å². The molecule has 1 unspecified atom stereocenters. The largest absolute Gasteiger partial charge is 0.339 e. The van der Waals surface area contributed by atoms with Crippen LogP contribution in [0, 0.1) is 13.8 Å². The van der Waals surface area contributed by atoms with Gasteiger partial charge < -0.3 is 9.80 Å². The summed E-state index contributed by atoms with van der Waals surface area (Å²) in [6, 6.07) is 26.2. The molecule has 1 saturated heterocycles. The van der Waals surface area contributed by atoms with Gasteiger partial charge in [0, 0.05) is 54.7 Å². The molecule has 0 spiro atoms. The van der Waals surface area contributed by atoms with Gasteiger partial charge in [-0.25, -0.2) is 0 Å². The standard InChI is InChI=1S/C33H37N5O2S/c1-24-16-18-27(19-17-24)31-34-35-33(38(31)28-12-5-4-6-13-28)41-22-10-9-15-30(39)36-20-21-37(26(3)23-36)32(40)29-14-8-7-11-25(29)2/h4-8,11-14,16-19,26H,9-10,15,20-23H2,1-3H3. The number of benzene rings is 3. The Hall–Kier alpha value is -3.91. The van der Waals surface area contributed by atoms with Gasteiger partial charge in [-0.2, -0.15) is 0 Å². The van der Waals surface area contributed by atoms with E-state index in [-0.39, 0.29) is 17.9 Å². The fraction of sp³-hybridized carbons (Fsp3) is 0.333. The third-order valence-corrected chi connectivity index (χ3v) is 8.61. The smallest absolute Gasteiger partial charge is 0.254 e. The number of carbonyl (C=O) groups excluding carboxylic acids is 2. The van der Waals surface area contributed by atoms with Crippen molar-refractivity contribution in [3.8, 4) is 17.1 Å². The zero-order chi connectivity index (χ0) is 28.8. The van der Waals surface area contributed by atoms with E-state index in [2.05, 4.69) is 58.1 Å². The zero-order valence-corrected chi connectivity index (χ0v) is 24.8. The van der Waals surface area contributed by atoms with Gasteiger partial charge in [-0.3, -0.25) is 14.2 Å². The molecule has 2 amide bonds. The van der Waals surface area contributed by atoms with E-state index >= 15 is 0 Å². The lowest BCUT2D eigenvalue weighted by molar-refractivity contribution is -0.133. The fourth-order valence-corrected chi connectivity index (χ4v) is 6.17. The van der Waals surface area contributed by atoms with Crippen LogP contribution in [0.15, 0.2) is 84.0 Å². The maximum atomic E-state index is 13.1. The summed E-state index contributed by atoms with van der Waals surface area (Å²) in [4.78, 5) is 29.9. The summed E-state index contributed by atoms with van der Waals surface area (Å²) in [6.45, 7) is 7.79. The Balaban J connectivity index is 1.13. The molecule has 1 fully saturated rings.